The van der Waals surface area contributed by atoms with Gasteiger partial charge in [-0.3, -0.25) is 14.8 Å². The van der Waals surface area contributed by atoms with Gasteiger partial charge in [0.25, 0.3) is 0 Å². The minimum absolute atomic E-state index is 0.0336. The zero-order valence-electron chi connectivity index (χ0n) is 11.0. The molecule has 0 saturated heterocycles. The zero-order valence-corrected chi connectivity index (χ0v) is 11.0. The summed E-state index contributed by atoms with van der Waals surface area (Å²) < 4.78 is 6.98. The molecule has 1 heterocycles. The lowest BCUT2D eigenvalue weighted by Crippen LogP contribution is -2.11. The molecular weight excluding hydrogens is 262 g/mol. The Labute approximate surface area is 115 Å². The number of benzene rings is 1. The van der Waals surface area contributed by atoms with Gasteiger partial charge in [0.2, 0.25) is 0 Å². The largest absolute Gasteiger partial charge is 0.487 e. The van der Waals surface area contributed by atoms with Gasteiger partial charge in [0, 0.05) is 30.6 Å². The third kappa shape index (κ3) is 3.44. The van der Waals surface area contributed by atoms with Crippen molar-refractivity contribution in [1.29, 1.82) is 0 Å². The summed E-state index contributed by atoms with van der Waals surface area (Å²) in [5.41, 5.74) is 0.729. The zero-order chi connectivity index (χ0) is 14.4. The SMILES string of the molecule is CCOc1cc(NCCn2ccnn2)ccc1[N+](=O)[O-]. The molecule has 0 unspecified atom stereocenters. The van der Waals surface area contributed by atoms with Crippen molar-refractivity contribution in [1.82, 2.24) is 15.0 Å². The molecule has 0 bridgehead atoms. The third-order valence-corrected chi connectivity index (χ3v) is 2.60. The van der Waals surface area contributed by atoms with Crippen LogP contribution in [0.3, 0.4) is 0 Å². The molecule has 0 radical (unpaired) electrons. The van der Waals surface area contributed by atoms with Crippen molar-refractivity contribution >= 4 is 11.4 Å². The Kier molecular flexibility index (Phi) is 4.48. The van der Waals surface area contributed by atoms with Gasteiger partial charge in [0.05, 0.1) is 24.3 Å². The molecule has 0 aliphatic rings. The van der Waals surface area contributed by atoms with E-state index in [4.69, 9.17) is 4.74 Å². The molecule has 20 heavy (non-hydrogen) atoms. The maximum absolute atomic E-state index is 10.9. The lowest BCUT2D eigenvalue weighted by molar-refractivity contribution is -0.385. The highest BCUT2D eigenvalue weighted by Crippen LogP contribution is 2.29. The summed E-state index contributed by atoms with van der Waals surface area (Å²) in [6.07, 6.45) is 3.38. The summed E-state index contributed by atoms with van der Waals surface area (Å²) in [7, 11) is 0. The van der Waals surface area contributed by atoms with Gasteiger partial charge in [-0.25, -0.2) is 0 Å². The maximum Gasteiger partial charge on any atom is 0.311 e. The van der Waals surface area contributed by atoms with Gasteiger partial charge in [0.1, 0.15) is 0 Å². The number of nitrogens with zero attached hydrogens (tertiary/aromatic N) is 4. The van der Waals surface area contributed by atoms with Gasteiger partial charge in [-0.05, 0) is 13.0 Å². The second-order valence-electron chi connectivity index (χ2n) is 3.97. The normalized spacial score (nSPS) is 10.2. The van der Waals surface area contributed by atoms with Crippen LogP contribution in [0.15, 0.2) is 30.6 Å². The first-order valence-electron chi connectivity index (χ1n) is 6.20. The molecule has 0 amide bonds. The average Bonchev–Trinajstić information content (AvgIpc) is 2.92. The molecule has 0 fully saturated rings. The molecule has 1 aromatic heterocycles. The number of anilines is 1. The smallest absolute Gasteiger partial charge is 0.311 e. The van der Waals surface area contributed by atoms with Crippen molar-refractivity contribution in [3.05, 3.63) is 40.7 Å². The van der Waals surface area contributed by atoms with Gasteiger partial charge in [-0.15, -0.1) is 5.10 Å². The van der Waals surface area contributed by atoms with Crippen molar-refractivity contribution in [2.45, 2.75) is 13.5 Å². The standard InChI is InChI=1S/C12H15N5O3/c1-2-20-12-9-10(3-4-11(12)17(18)19)13-5-7-16-8-6-14-15-16/h3-4,6,8-9,13H,2,5,7H2,1H3. The second-order valence-corrected chi connectivity index (χ2v) is 3.97. The minimum Gasteiger partial charge on any atom is -0.487 e. The molecule has 0 saturated carbocycles. The molecule has 8 heteroatoms. The van der Waals surface area contributed by atoms with Gasteiger partial charge >= 0.3 is 5.69 Å². The predicted molar refractivity (Wildman–Crippen MR) is 72.8 cm³/mol. The fourth-order valence-electron chi connectivity index (χ4n) is 1.71. The molecule has 8 nitrogen and oxygen atoms in total. The predicted octanol–water partition coefficient (Wildman–Crippen LogP) is 1.70. The van der Waals surface area contributed by atoms with Crippen LogP contribution >= 0.6 is 0 Å². The van der Waals surface area contributed by atoms with E-state index in [0.29, 0.717) is 19.7 Å². The lowest BCUT2D eigenvalue weighted by atomic mass is 10.2. The van der Waals surface area contributed by atoms with Crippen LogP contribution in [0.1, 0.15) is 6.92 Å². The number of nitrogens with one attached hydrogen (secondary N) is 1. The van der Waals surface area contributed by atoms with E-state index in [0.717, 1.165) is 5.69 Å². The van der Waals surface area contributed by atoms with Crippen molar-refractivity contribution in [2.24, 2.45) is 0 Å². The van der Waals surface area contributed by atoms with E-state index >= 15 is 0 Å². The highest BCUT2D eigenvalue weighted by Gasteiger charge is 2.15. The van der Waals surface area contributed by atoms with E-state index < -0.39 is 4.92 Å². The van der Waals surface area contributed by atoms with Crippen LogP contribution in [0.4, 0.5) is 11.4 Å². The molecule has 1 aromatic carbocycles. The number of rotatable bonds is 7. The summed E-state index contributed by atoms with van der Waals surface area (Å²) in [6, 6.07) is 4.72. The van der Waals surface area contributed by atoms with Crippen molar-refractivity contribution in [2.75, 3.05) is 18.5 Å². The summed E-state index contributed by atoms with van der Waals surface area (Å²) in [4.78, 5) is 10.4. The molecule has 2 aromatic rings. The van der Waals surface area contributed by atoms with Crippen LogP contribution < -0.4 is 10.1 Å². The third-order valence-electron chi connectivity index (χ3n) is 2.60. The topological polar surface area (TPSA) is 95.1 Å². The monoisotopic (exact) mass is 277 g/mol. The number of nitro groups is 1. The quantitative estimate of drug-likeness (QED) is 0.611. The van der Waals surface area contributed by atoms with Crippen LogP contribution in [0.25, 0.3) is 0 Å². The first-order valence-corrected chi connectivity index (χ1v) is 6.20. The molecule has 0 spiro atoms. The van der Waals surface area contributed by atoms with Crippen molar-refractivity contribution < 1.29 is 9.66 Å². The summed E-state index contributed by atoms with van der Waals surface area (Å²) in [5, 5.41) is 21.6. The minimum atomic E-state index is -0.454. The average molecular weight is 277 g/mol. The van der Waals surface area contributed by atoms with E-state index in [-0.39, 0.29) is 11.4 Å². The van der Waals surface area contributed by atoms with E-state index in [1.807, 2.05) is 0 Å². The number of nitro benzene ring substituents is 1. The molecule has 1 N–H and O–H groups in total. The second kappa shape index (κ2) is 6.50. The van der Waals surface area contributed by atoms with E-state index in [9.17, 15) is 10.1 Å². The van der Waals surface area contributed by atoms with E-state index in [2.05, 4.69) is 15.6 Å². The van der Waals surface area contributed by atoms with Crippen molar-refractivity contribution in [3.8, 4) is 5.75 Å². The van der Waals surface area contributed by atoms with Gasteiger partial charge in [-0.2, -0.15) is 0 Å². The number of hydrogen-bond donors (Lipinski definition) is 1. The summed E-state index contributed by atoms with van der Waals surface area (Å²) in [5.74, 6) is 0.267. The van der Waals surface area contributed by atoms with Crippen LogP contribution in [0, 0.1) is 10.1 Å². The molecule has 2 rings (SSSR count). The maximum atomic E-state index is 10.9. The molecular formula is C12H15N5O3. The Bertz CT molecular complexity index is 570. The van der Waals surface area contributed by atoms with Crippen molar-refractivity contribution in [3.63, 3.8) is 0 Å². The van der Waals surface area contributed by atoms with E-state index in [1.54, 1.807) is 36.1 Å². The summed E-state index contributed by atoms with van der Waals surface area (Å²) >= 11 is 0. The van der Waals surface area contributed by atoms with E-state index in [1.165, 1.54) is 6.07 Å². The van der Waals surface area contributed by atoms with Gasteiger partial charge in [0.15, 0.2) is 5.75 Å². The highest BCUT2D eigenvalue weighted by atomic mass is 16.6. The first-order chi connectivity index (χ1) is 9.70. The Morgan fingerprint density at radius 3 is 3.00 bits per heavy atom. The van der Waals surface area contributed by atoms with Crippen LogP contribution in [-0.4, -0.2) is 33.1 Å². The number of ether oxygens (including phenoxy) is 1. The van der Waals surface area contributed by atoms with Gasteiger partial charge in [-0.1, -0.05) is 5.21 Å². The van der Waals surface area contributed by atoms with Gasteiger partial charge < -0.3 is 10.1 Å². The Hall–Kier alpha value is -2.64. The van der Waals surface area contributed by atoms with Crippen LogP contribution in [0.2, 0.25) is 0 Å². The Morgan fingerprint density at radius 2 is 2.35 bits per heavy atom. The lowest BCUT2D eigenvalue weighted by Gasteiger charge is -2.09. The molecule has 0 atom stereocenters. The number of hydrogen-bond acceptors (Lipinski definition) is 6. The highest BCUT2D eigenvalue weighted by molar-refractivity contribution is 5.57. The molecule has 106 valence electrons. The Balaban J connectivity index is 2.01. The molecule has 0 aliphatic carbocycles. The molecule has 0 aliphatic heterocycles. The Morgan fingerprint density at radius 1 is 1.50 bits per heavy atom. The fourth-order valence-corrected chi connectivity index (χ4v) is 1.71. The summed E-state index contributed by atoms with van der Waals surface area (Å²) in [6.45, 7) is 3.45. The van der Waals surface area contributed by atoms with Crippen LogP contribution in [-0.2, 0) is 6.54 Å². The number of aromatic nitrogens is 3. The fraction of sp³-hybridized carbons (Fsp3) is 0.333. The first kappa shape index (κ1) is 13.8. The van der Waals surface area contributed by atoms with Crippen LogP contribution in [0.5, 0.6) is 5.75 Å².